The molecule has 0 amide bonds. The summed E-state index contributed by atoms with van der Waals surface area (Å²) >= 11 is 3.35. The van der Waals surface area contributed by atoms with Gasteiger partial charge in [-0.1, -0.05) is 22.9 Å². The Bertz CT molecular complexity index is 573. The fraction of sp³-hybridized carbons (Fsp3) is 0.400. The van der Waals surface area contributed by atoms with Crippen molar-refractivity contribution < 1.29 is 9.13 Å². The molecule has 114 valence electrons. The maximum absolute atomic E-state index is 13.7. The second-order valence-corrected chi connectivity index (χ2v) is 5.52. The number of rotatable bonds is 6. The first-order valence-corrected chi connectivity index (χ1v) is 7.69. The summed E-state index contributed by atoms with van der Waals surface area (Å²) in [6.07, 6.45) is 1.69. The molecule has 0 radical (unpaired) electrons. The van der Waals surface area contributed by atoms with Crippen LogP contribution < -0.4 is 10.1 Å². The van der Waals surface area contributed by atoms with E-state index in [0.717, 1.165) is 24.3 Å². The van der Waals surface area contributed by atoms with Crippen LogP contribution in [0.15, 0.2) is 28.9 Å². The van der Waals surface area contributed by atoms with Gasteiger partial charge in [0.05, 0.1) is 19.3 Å². The fourth-order valence-corrected chi connectivity index (χ4v) is 2.88. The first-order valence-electron chi connectivity index (χ1n) is 6.89. The van der Waals surface area contributed by atoms with Gasteiger partial charge < -0.3 is 10.1 Å². The van der Waals surface area contributed by atoms with Gasteiger partial charge in [-0.25, -0.2) is 4.39 Å². The van der Waals surface area contributed by atoms with Crippen LogP contribution in [0.3, 0.4) is 0 Å². The minimum atomic E-state index is -0.274. The number of nitrogens with one attached hydrogen (secondary N) is 1. The van der Waals surface area contributed by atoms with Crippen LogP contribution in [0.2, 0.25) is 0 Å². The Morgan fingerprint density at radius 1 is 1.38 bits per heavy atom. The Morgan fingerprint density at radius 2 is 2.14 bits per heavy atom. The fourth-order valence-electron chi connectivity index (χ4n) is 2.40. The highest BCUT2D eigenvalue weighted by Crippen LogP contribution is 2.31. The van der Waals surface area contributed by atoms with Crippen molar-refractivity contribution in [2.24, 2.45) is 0 Å². The SMILES string of the molecule is CCNC(c1cc(F)cc(Br)c1)c1c(OC)cnn1CC. The summed E-state index contributed by atoms with van der Waals surface area (Å²) in [6.45, 7) is 5.49. The molecule has 0 saturated carbocycles. The molecule has 1 unspecified atom stereocenters. The van der Waals surface area contributed by atoms with Crippen molar-refractivity contribution in [2.45, 2.75) is 26.4 Å². The molecule has 1 N–H and O–H groups in total. The number of aryl methyl sites for hydroxylation is 1. The van der Waals surface area contributed by atoms with E-state index in [4.69, 9.17) is 4.74 Å². The largest absolute Gasteiger partial charge is 0.493 e. The maximum Gasteiger partial charge on any atom is 0.161 e. The zero-order chi connectivity index (χ0) is 15.4. The van der Waals surface area contributed by atoms with Crippen molar-refractivity contribution in [3.8, 4) is 5.75 Å². The third-order valence-corrected chi connectivity index (χ3v) is 3.72. The van der Waals surface area contributed by atoms with E-state index in [9.17, 15) is 4.39 Å². The summed E-state index contributed by atoms with van der Waals surface area (Å²) in [6, 6.07) is 4.70. The Morgan fingerprint density at radius 3 is 2.71 bits per heavy atom. The second-order valence-electron chi connectivity index (χ2n) is 4.61. The number of methoxy groups -OCH3 is 1. The number of hydrogen-bond acceptors (Lipinski definition) is 3. The molecule has 2 aromatic rings. The van der Waals surface area contributed by atoms with Crippen molar-refractivity contribution in [1.82, 2.24) is 15.1 Å². The van der Waals surface area contributed by atoms with Gasteiger partial charge in [0, 0.05) is 11.0 Å². The lowest BCUT2D eigenvalue weighted by Crippen LogP contribution is -2.25. The third kappa shape index (κ3) is 3.44. The molecule has 4 nitrogen and oxygen atoms in total. The quantitative estimate of drug-likeness (QED) is 0.861. The minimum absolute atomic E-state index is 0.181. The zero-order valence-corrected chi connectivity index (χ0v) is 13.9. The average Bonchev–Trinajstić information content (AvgIpc) is 2.86. The van der Waals surface area contributed by atoms with Gasteiger partial charge in [0.2, 0.25) is 0 Å². The summed E-state index contributed by atoms with van der Waals surface area (Å²) in [5, 5.41) is 7.70. The number of nitrogens with zero attached hydrogens (tertiary/aromatic N) is 2. The predicted molar refractivity (Wildman–Crippen MR) is 84.1 cm³/mol. The van der Waals surface area contributed by atoms with E-state index in [-0.39, 0.29) is 11.9 Å². The first-order chi connectivity index (χ1) is 10.1. The minimum Gasteiger partial charge on any atom is -0.493 e. The molecule has 0 aliphatic rings. The zero-order valence-electron chi connectivity index (χ0n) is 12.4. The van der Waals surface area contributed by atoms with Crippen LogP contribution in [0.4, 0.5) is 4.39 Å². The van der Waals surface area contributed by atoms with Crippen molar-refractivity contribution >= 4 is 15.9 Å². The van der Waals surface area contributed by atoms with Crippen LogP contribution in [-0.2, 0) is 6.54 Å². The average molecular weight is 356 g/mol. The van der Waals surface area contributed by atoms with E-state index in [0.29, 0.717) is 10.2 Å². The molecular weight excluding hydrogens is 337 g/mol. The van der Waals surface area contributed by atoms with Gasteiger partial charge in [0.25, 0.3) is 0 Å². The smallest absolute Gasteiger partial charge is 0.161 e. The van der Waals surface area contributed by atoms with Gasteiger partial charge in [-0.05, 0) is 37.2 Å². The van der Waals surface area contributed by atoms with E-state index >= 15 is 0 Å². The van der Waals surface area contributed by atoms with Crippen molar-refractivity contribution in [3.63, 3.8) is 0 Å². The van der Waals surface area contributed by atoms with Gasteiger partial charge in [0.15, 0.2) is 5.75 Å². The van der Waals surface area contributed by atoms with E-state index in [1.54, 1.807) is 13.3 Å². The Hall–Kier alpha value is -1.40. The van der Waals surface area contributed by atoms with Gasteiger partial charge in [-0.2, -0.15) is 5.10 Å². The topological polar surface area (TPSA) is 39.1 Å². The molecule has 0 aliphatic heterocycles. The molecule has 0 bridgehead atoms. The van der Waals surface area contributed by atoms with Crippen molar-refractivity contribution in [2.75, 3.05) is 13.7 Å². The molecular formula is C15H19BrFN3O. The molecule has 0 spiro atoms. The van der Waals surface area contributed by atoms with Crippen LogP contribution in [0.25, 0.3) is 0 Å². The maximum atomic E-state index is 13.7. The van der Waals surface area contributed by atoms with E-state index in [2.05, 4.69) is 26.3 Å². The standard InChI is InChI=1S/C15H19BrFN3O/c1-4-18-14(10-6-11(16)8-12(17)7-10)15-13(21-3)9-19-20(15)5-2/h6-9,14,18H,4-5H2,1-3H3. The highest BCUT2D eigenvalue weighted by molar-refractivity contribution is 9.10. The van der Waals surface area contributed by atoms with Gasteiger partial charge in [-0.15, -0.1) is 0 Å². The molecule has 0 saturated heterocycles. The van der Waals surface area contributed by atoms with Gasteiger partial charge in [-0.3, -0.25) is 4.68 Å². The van der Waals surface area contributed by atoms with Crippen LogP contribution in [0, 0.1) is 5.82 Å². The normalized spacial score (nSPS) is 12.4. The molecule has 21 heavy (non-hydrogen) atoms. The molecule has 1 aromatic carbocycles. The Balaban J connectivity index is 2.55. The van der Waals surface area contributed by atoms with Crippen LogP contribution in [0.1, 0.15) is 31.1 Å². The number of ether oxygens (including phenoxy) is 1. The Labute approximate surface area is 132 Å². The van der Waals surface area contributed by atoms with Crippen LogP contribution >= 0.6 is 15.9 Å². The van der Waals surface area contributed by atoms with E-state index in [1.807, 2.05) is 24.6 Å². The highest BCUT2D eigenvalue weighted by Gasteiger charge is 2.23. The molecule has 1 aromatic heterocycles. The lowest BCUT2D eigenvalue weighted by molar-refractivity contribution is 0.399. The Kier molecular flexibility index (Phi) is 5.36. The van der Waals surface area contributed by atoms with Crippen molar-refractivity contribution in [3.05, 3.63) is 45.9 Å². The van der Waals surface area contributed by atoms with Crippen molar-refractivity contribution in [1.29, 1.82) is 0 Å². The summed E-state index contributed by atoms with van der Waals surface area (Å²) < 4.78 is 21.7. The lowest BCUT2D eigenvalue weighted by atomic mass is 10.0. The first kappa shape index (κ1) is 16.0. The molecule has 1 heterocycles. The molecule has 0 fully saturated rings. The van der Waals surface area contributed by atoms with E-state index in [1.165, 1.54) is 12.1 Å². The second kappa shape index (κ2) is 7.04. The van der Waals surface area contributed by atoms with Gasteiger partial charge in [0.1, 0.15) is 11.5 Å². The monoisotopic (exact) mass is 355 g/mol. The van der Waals surface area contributed by atoms with Gasteiger partial charge >= 0.3 is 0 Å². The molecule has 6 heteroatoms. The highest BCUT2D eigenvalue weighted by atomic mass is 79.9. The summed E-state index contributed by atoms with van der Waals surface area (Å²) in [7, 11) is 1.62. The van der Waals surface area contributed by atoms with Crippen LogP contribution in [-0.4, -0.2) is 23.4 Å². The molecule has 2 rings (SSSR count). The summed E-state index contributed by atoms with van der Waals surface area (Å²) in [5.74, 6) is 0.423. The lowest BCUT2D eigenvalue weighted by Gasteiger charge is -2.21. The number of hydrogen-bond donors (Lipinski definition) is 1. The molecule has 0 aliphatic carbocycles. The summed E-state index contributed by atoms with van der Waals surface area (Å²) in [4.78, 5) is 0. The number of benzene rings is 1. The number of halogens is 2. The van der Waals surface area contributed by atoms with Crippen LogP contribution in [0.5, 0.6) is 5.75 Å². The molecule has 1 atom stereocenters. The number of aromatic nitrogens is 2. The van der Waals surface area contributed by atoms with E-state index < -0.39 is 0 Å². The summed E-state index contributed by atoms with van der Waals surface area (Å²) in [5.41, 5.74) is 1.73. The predicted octanol–water partition coefficient (Wildman–Crippen LogP) is 3.51. The third-order valence-electron chi connectivity index (χ3n) is 3.26.